The lowest BCUT2D eigenvalue weighted by Gasteiger charge is -2.26. The minimum absolute atomic E-state index is 0.0560. The van der Waals surface area contributed by atoms with E-state index in [0.717, 1.165) is 10.0 Å². The molecule has 1 aliphatic rings. The number of methoxy groups -OCH3 is 1. The molecule has 2 aromatic carbocycles. The maximum absolute atomic E-state index is 12.6. The Bertz CT molecular complexity index is 807. The van der Waals surface area contributed by atoms with Crippen molar-refractivity contribution < 1.29 is 19.5 Å². The molecule has 3 rings (SSSR count). The summed E-state index contributed by atoms with van der Waals surface area (Å²) < 4.78 is 11.7. The van der Waals surface area contributed by atoms with Crippen LogP contribution in [-0.4, -0.2) is 24.1 Å². The van der Waals surface area contributed by atoms with Gasteiger partial charge in [-0.25, -0.2) is 0 Å². The highest BCUT2D eigenvalue weighted by Crippen LogP contribution is 2.37. The molecule has 0 bridgehead atoms. The van der Waals surface area contributed by atoms with Crippen LogP contribution in [0, 0.1) is 5.92 Å². The van der Waals surface area contributed by atoms with Gasteiger partial charge in [-0.2, -0.15) is 0 Å². The third-order valence-electron chi connectivity index (χ3n) is 3.72. The minimum Gasteiger partial charge on any atom is -0.493 e. The highest BCUT2D eigenvalue weighted by atomic mass is 79.9. The standard InChI is InChI=1S/C17H15BrN2O4/c1-23-14-7-2-4-10-8-13(17(20-22)24-15(10)14)16(21)19-12-6-3-5-11(18)9-12/h2-7,9,13,22H,8H2,1H3,(H,19,21). The van der Waals surface area contributed by atoms with Crippen molar-refractivity contribution in [2.75, 3.05) is 12.4 Å². The quantitative estimate of drug-likeness (QED) is 0.621. The van der Waals surface area contributed by atoms with Gasteiger partial charge in [-0.3, -0.25) is 4.79 Å². The number of carbonyl (C=O) groups excluding carboxylic acids is 1. The molecule has 0 aromatic heterocycles. The van der Waals surface area contributed by atoms with Gasteiger partial charge in [0.25, 0.3) is 0 Å². The number of carbonyl (C=O) groups is 1. The van der Waals surface area contributed by atoms with Crippen molar-refractivity contribution in [1.82, 2.24) is 0 Å². The zero-order valence-corrected chi connectivity index (χ0v) is 14.4. The van der Waals surface area contributed by atoms with Crippen LogP contribution in [0.25, 0.3) is 0 Å². The van der Waals surface area contributed by atoms with Crippen LogP contribution in [0.5, 0.6) is 11.5 Å². The van der Waals surface area contributed by atoms with E-state index >= 15 is 0 Å². The monoisotopic (exact) mass is 390 g/mol. The Morgan fingerprint density at radius 2 is 2.17 bits per heavy atom. The predicted octanol–water partition coefficient (Wildman–Crippen LogP) is 3.44. The molecule has 24 heavy (non-hydrogen) atoms. The fourth-order valence-electron chi connectivity index (χ4n) is 2.57. The third-order valence-corrected chi connectivity index (χ3v) is 4.21. The molecule has 0 fully saturated rings. The summed E-state index contributed by atoms with van der Waals surface area (Å²) in [5.41, 5.74) is 1.46. The number of halogens is 1. The van der Waals surface area contributed by atoms with Crippen LogP contribution in [0.3, 0.4) is 0 Å². The topological polar surface area (TPSA) is 80.2 Å². The van der Waals surface area contributed by atoms with E-state index in [1.807, 2.05) is 24.3 Å². The van der Waals surface area contributed by atoms with Gasteiger partial charge in [0.05, 0.1) is 7.11 Å². The molecule has 1 atom stereocenters. The summed E-state index contributed by atoms with van der Waals surface area (Å²) in [5, 5.41) is 15.2. The SMILES string of the molecule is COc1cccc2c1OC(=NO)C(C(=O)Nc1cccc(Br)c1)C2. The van der Waals surface area contributed by atoms with Gasteiger partial charge in [0, 0.05) is 15.7 Å². The molecule has 0 radical (unpaired) electrons. The zero-order valence-electron chi connectivity index (χ0n) is 12.8. The predicted molar refractivity (Wildman–Crippen MR) is 92.8 cm³/mol. The largest absolute Gasteiger partial charge is 0.493 e. The van der Waals surface area contributed by atoms with Crippen molar-refractivity contribution in [3.05, 3.63) is 52.5 Å². The average molecular weight is 391 g/mol. The summed E-state index contributed by atoms with van der Waals surface area (Å²) in [5.74, 6) is -0.0961. The Hall–Kier alpha value is -2.54. The molecule has 1 amide bonds. The van der Waals surface area contributed by atoms with Gasteiger partial charge in [-0.1, -0.05) is 39.3 Å². The molecule has 0 spiro atoms. The number of fused-ring (bicyclic) bond motifs is 1. The number of nitrogens with one attached hydrogen (secondary N) is 1. The van der Waals surface area contributed by atoms with E-state index < -0.39 is 5.92 Å². The molecule has 7 heteroatoms. The van der Waals surface area contributed by atoms with Gasteiger partial charge in [0.1, 0.15) is 5.92 Å². The van der Waals surface area contributed by atoms with Gasteiger partial charge >= 0.3 is 0 Å². The van der Waals surface area contributed by atoms with Gasteiger partial charge in [-0.05, 0) is 30.7 Å². The first-order valence-electron chi connectivity index (χ1n) is 7.24. The summed E-state index contributed by atoms with van der Waals surface area (Å²) in [6.45, 7) is 0. The number of amides is 1. The van der Waals surface area contributed by atoms with Gasteiger partial charge in [0.15, 0.2) is 11.5 Å². The van der Waals surface area contributed by atoms with Crippen LogP contribution in [0.1, 0.15) is 5.56 Å². The molecule has 1 heterocycles. The van der Waals surface area contributed by atoms with E-state index in [-0.39, 0.29) is 11.8 Å². The fraction of sp³-hybridized carbons (Fsp3) is 0.176. The Labute approximate surface area is 147 Å². The first-order valence-corrected chi connectivity index (χ1v) is 8.03. The van der Waals surface area contributed by atoms with Crippen LogP contribution in [-0.2, 0) is 11.2 Å². The van der Waals surface area contributed by atoms with Crippen molar-refractivity contribution >= 4 is 33.4 Å². The van der Waals surface area contributed by atoms with E-state index in [9.17, 15) is 10.0 Å². The molecule has 2 aromatic rings. The van der Waals surface area contributed by atoms with Crippen molar-refractivity contribution in [2.24, 2.45) is 11.1 Å². The lowest BCUT2D eigenvalue weighted by atomic mass is 9.94. The van der Waals surface area contributed by atoms with E-state index in [0.29, 0.717) is 23.6 Å². The molecule has 0 saturated carbocycles. The molecule has 0 saturated heterocycles. The maximum atomic E-state index is 12.6. The normalized spacial score (nSPS) is 17.8. The molecule has 124 valence electrons. The Morgan fingerprint density at radius 1 is 1.38 bits per heavy atom. The van der Waals surface area contributed by atoms with Crippen LogP contribution < -0.4 is 14.8 Å². The van der Waals surface area contributed by atoms with Gasteiger partial charge in [0.2, 0.25) is 11.8 Å². The van der Waals surface area contributed by atoms with E-state index in [1.165, 1.54) is 7.11 Å². The minimum atomic E-state index is -0.728. The second kappa shape index (κ2) is 6.92. The molecular weight excluding hydrogens is 376 g/mol. The Morgan fingerprint density at radius 3 is 2.88 bits per heavy atom. The number of hydrogen-bond donors (Lipinski definition) is 2. The summed E-state index contributed by atoms with van der Waals surface area (Å²) in [6.07, 6.45) is 0.353. The molecule has 1 unspecified atom stereocenters. The number of rotatable bonds is 3. The summed E-state index contributed by atoms with van der Waals surface area (Å²) in [4.78, 5) is 12.6. The maximum Gasteiger partial charge on any atom is 0.244 e. The van der Waals surface area contributed by atoms with E-state index in [4.69, 9.17) is 9.47 Å². The summed E-state index contributed by atoms with van der Waals surface area (Å²) >= 11 is 3.36. The lowest BCUT2D eigenvalue weighted by Crippen LogP contribution is -2.37. The lowest BCUT2D eigenvalue weighted by molar-refractivity contribution is -0.118. The molecule has 2 N–H and O–H groups in total. The number of anilines is 1. The highest BCUT2D eigenvalue weighted by Gasteiger charge is 2.34. The number of nitrogens with zero attached hydrogens (tertiary/aromatic N) is 1. The van der Waals surface area contributed by atoms with E-state index in [2.05, 4.69) is 26.4 Å². The Kier molecular flexibility index (Phi) is 4.71. The Balaban J connectivity index is 1.86. The van der Waals surface area contributed by atoms with Crippen molar-refractivity contribution in [3.8, 4) is 11.5 Å². The zero-order chi connectivity index (χ0) is 17.1. The van der Waals surface area contributed by atoms with Crippen LogP contribution >= 0.6 is 15.9 Å². The van der Waals surface area contributed by atoms with Crippen molar-refractivity contribution in [2.45, 2.75) is 6.42 Å². The van der Waals surface area contributed by atoms with Crippen LogP contribution in [0.15, 0.2) is 52.1 Å². The average Bonchev–Trinajstić information content (AvgIpc) is 2.59. The number of oxime groups is 1. The van der Waals surface area contributed by atoms with Gasteiger partial charge in [-0.15, -0.1) is 0 Å². The summed E-state index contributed by atoms with van der Waals surface area (Å²) in [7, 11) is 1.53. The molecule has 0 aliphatic carbocycles. The molecular formula is C17H15BrN2O4. The number of benzene rings is 2. The second-order valence-corrected chi connectivity index (χ2v) is 6.16. The number of para-hydroxylation sites is 1. The third kappa shape index (κ3) is 3.21. The first-order chi connectivity index (χ1) is 11.6. The van der Waals surface area contributed by atoms with Gasteiger partial charge < -0.3 is 20.0 Å². The van der Waals surface area contributed by atoms with Crippen molar-refractivity contribution in [1.29, 1.82) is 0 Å². The molecule has 1 aliphatic heterocycles. The number of ether oxygens (including phenoxy) is 2. The fourth-order valence-corrected chi connectivity index (χ4v) is 2.97. The van der Waals surface area contributed by atoms with Crippen LogP contribution in [0.2, 0.25) is 0 Å². The number of hydrogen-bond acceptors (Lipinski definition) is 5. The van der Waals surface area contributed by atoms with E-state index in [1.54, 1.807) is 18.2 Å². The smallest absolute Gasteiger partial charge is 0.244 e. The second-order valence-electron chi connectivity index (χ2n) is 5.25. The highest BCUT2D eigenvalue weighted by molar-refractivity contribution is 9.10. The summed E-state index contributed by atoms with van der Waals surface area (Å²) in [6, 6.07) is 12.7. The molecule has 6 nitrogen and oxygen atoms in total. The van der Waals surface area contributed by atoms with Crippen molar-refractivity contribution in [3.63, 3.8) is 0 Å². The first kappa shape index (κ1) is 16.3. The van der Waals surface area contributed by atoms with Crippen LogP contribution in [0.4, 0.5) is 5.69 Å².